The maximum absolute atomic E-state index is 5.51. The van der Waals surface area contributed by atoms with E-state index in [0.717, 1.165) is 26.3 Å². The van der Waals surface area contributed by atoms with Crippen LogP contribution >= 0.6 is 0 Å². The van der Waals surface area contributed by atoms with Crippen LogP contribution in [0.15, 0.2) is 30.3 Å². The number of nitrogens with one attached hydrogen (secondary N) is 1. The van der Waals surface area contributed by atoms with E-state index in [0.29, 0.717) is 11.5 Å². The third-order valence-corrected chi connectivity index (χ3v) is 5.31. The molecule has 0 amide bonds. The Balaban J connectivity index is 1.76. The highest BCUT2D eigenvalue weighted by atomic mass is 16.5. The topological polar surface area (TPSA) is 24.5 Å². The molecule has 0 saturated carbocycles. The Morgan fingerprint density at radius 3 is 2.48 bits per heavy atom. The Kier molecular flexibility index (Phi) is 4.94. The fourth-order valence-electron chi connectivity index (χ4n) is 3.97. The smallest absolute Gasteiger partial charge is 0.0480 e. The Morgan fingerprint density at radius 2 is 1.81 bits per heavy atom. The van der Waals surface area contributed by atoms with E-state index in [-0.39, 0.29) is 0 Å². The summed E-state index contributed by atoms with van der Waals surface area (Å²) in [6.45, 7) is 5.29. The minimum Gasteiger partial charge on any atom is -0.381 e. The third kappa shape index (κ3) is 3.47. The minimum atomic E-state index is 0.319. The highest BCUT2D eigenvalue weighted by molar-refractivity contribution is 5.27. The zero-order valence-corrected chi connectivity index (χ0v) is 13.2. The molecule has 0 aliphatic carbocycles. The number of benzene rings is 1. The summed E-state index contributed by atoms with van der Waals surface area (Å²) in [5.74, 6) is 0. The van der Waals surface area contributed by atoms with E-state index in [1.165, 1.54) is 37.8 Å². The molecule has 3 nitrogen and oxygen atoms in total. The van der Waals surface area contributed by atoms with Crippen molar-refractivity contribution in [2.75, 3.05) is 39.9 Å². The van der Waals surface area contributed by atoms with E-state index < -0.39 is 0 Å². The first-order valence-electron chi connectivity index (χ1n) is 8.34. The lowest BCUT2D eigenvalue weighted by molar-refractivity contribution is 0.0327. The van der Waals surface area contributed by atoms with E-state index in [1.807, 2.05) is 0 Å². The molecule has 2 fully saturated rings. The summed E-state index contributed by atoms with van der Waals surface area (Å²) in [6, 6.07) is 11.8. The molecular weight excluding hydrogens is 260 g/mol. The summed E-state index contributed by atoms with van der Waals surface area (Å²) in [7, 11) is 2.31. The normalized spacial score (nSPS) is 23.3. The summed E-state index contributed by atoms with van der Waals surface area (Å²) < 4.78 is 5.51. The van der Waals surface area contributed by atoms with Gasteiger partial charge in [0.25, 0.3) is 0 Å². The van der Waals surface area contributed by atoms with E-state index in [4.69, 9.17) is 4.74 Å². The molecule has 3 heteroatoms. The van der Waals surface area contributed by atoms with Crippen LogP contribution in [0, 0.1) is 0 Å². The van der Waals surface area contributed by atoms with Crippen molar-refractivity contribution in [1.82, 2.24) is 10.2 Å². The molecule has 1 aromatic rings. The maximum Gasteiger partial charge on any atom is 0.0480 e. The van der Waals surface area contributed by atoms with E-state index in [2.05, 4.69) is 47.6 Å². The SMILES string of the molecule is CN(CC1(c2ccccc2)CCNCC1)C1CCOCC1. The lowest BCUT2D eigenvalue weighted by atomic mass is 9.72. The first-order valence-corrected chi connectivity index (χ1v) is 8.34. The minimum absolute atomic E-state index is 0.319. The lowest BCUT2D eigenvalue weighted by Gasteiger charge is -2.43. The molecule has 2 aliphatic heterocycles. The summed E-state index contributed by atoms with van der Waals surface area (Å²) in [5, 5.41) is 3.52. The van der Waals surface area contributed by atoms with Gasteiger partial charge in [0.2, 0.25) is 0 Å². The van der Waals surface area contributed by atoms with Gasteiger partial charge in [0.1, 0.15) is 0 Å². The molecule has 116 valence electrons. The van der Waals surface area contributed by atoms with Crippen LogP contribution in [0.25, 0.3) is 0 Å². The fraction of sp³-hybridized carbons (Fsp3) is 0.667. The zero-order valence-electron chi connectivity index (χ0n) is 13.2. The van der Waals surface area contributed by atoms with Crippen LogP contribution in [0.4, 0.5) is 0 Å². The standard InChI is InChI=1S/C18H28N2O/c1-20(17-7-13-21-14-8-17)15-18(9-11-19-12-10-18)16-5-3-2-4-6-16/h2-6,17,19H,7-15H2,1H3. The van der Waals surface area contributed by atoms with Crippen molar-refractivity contribution in [3.8, 4) is 0 Å². The van der Waals surface area contributed by atoms with Crippen LogP contribution in [-0.4, -0.2) is 50.8 Å². The van der Waals surface area contributed by atoms with Crippen molar-refractivity contribution in [3.63, 3.8) is 0 Å². The third-order valence-electron chi connectivity index (χ3n) is 5.31. The molecule has 2 aliphatic rings. The number of piperidine rings is 1. The van der Waals surface area contributed by atoms with Crippen molar-refractivity contribution in [2.45, 2.75) is 37.1 Å². The molecule has 3 rings (SSSR count). The Hall–Kier alpha value is -0.900. The predicted molar refractivity (Wildman–Crippen MR) is 86.7 cm³/mol. The predicted octanol–water partition coefficient (Wildman–Crippen LogP) is 2.42. The molecule has 0 unspecified atom stereocenters. The largest absolute Gasteiger partial charge is 0.381 e. The second-order valence-electron chi connectivity index (χ2n) is 6.66. The van der Waals surface area contributed by atoms with Crippen LogP contribution in [-0.2, 0) is 10.2 Å². The molecule has 0 aromatic heterocycles. The Morgan fingerprint density at radius 1 is 1.14 bits per heavy atom. The first-order chi connectivity index (χ1) is 10.3. The van der Waals surface area contributed by atoms with E-state index in [1.54, 1.807) is 0 Å². The van der Waals surface area contributed by atoms with Gasteiger partial charge in [0, 0.05) is 31.2 Å². The number of hydrogen-bond donors (Lipinski definition) is 1. The highest BCUT2D eigenvalue weighted by Crippen LogP contribution is 2.35. The van der Waals surface area contributed by atoms with Gasteiger partial charge in [0.15, 0.2) is 0 Å². The van der Waals surface area contributed by atoms with Gasteiger partial charge in [-0.15, -0.1) is 0 Å². The molecule has 1 aromatic carbocycles. The Bertz CT molecular complexity index is 422. The van der Waals surface area contributed by atoms with Crippen molar-refractivity contribution in [3.05, 3.63) is 35.9 Å². The van der Waals surface area contributed by atoms with Crippen molar-refractivity contribution < 1.29 is 4.74 Å². The molecule has 21 heavy (non-hydrogen) atoms. The molecule has 0 atom stereocenters. The van der Waals surface area contributed by atoms with Crippen LogP contribution in [0.1, 0.15) is 31.2 Å². The first kappa shape index (κ1) is 15.0. The summed E-state index contributed by atoms with van der Waals surface area (Å²) >= 11 is 0. The quantitative estimate of drug-likeness (QED) is 0.921. The summed E-state index contributed by atoms with van der Waals surface area (Å²) in [4.78, 5) is 2.60. The molecular formula is C18H28N2O. The number of nitrogens with zero attached hydrogens (tertiary/aromatic N) is 1. The van der Waals surface area contributed by atoms with Gasteiger partial charge in [-0.2, -0.15) is 0 Å². The lowest BCUT2D eigenvalue weighted by Crippen LogP contribution is -2.50. The number of likely N-dealkylation sites (N-methyl/N-ethyl adjacent to an activating group) is 1. The van der Waals surface area contributed by atoms with Crippen LogP contribution in [0.5, 0.6) is 0 Å². The molecule has 1 N–H and O–H groups in total. The highest BCUT2D eigenvalue weighted by Gasteiger charge is 2.36. The van der Waals surface area contributed by atoms with Gasteiger partial charge in [-0.3, -0.25) is 0 Å². The number of ether oxygens (including phenoxy) is 1. The van der Waals surface area contributed by atoms with Gasteiger partial charge in [-0.05, 0) is 51.4 Å². The van der Waals surface area contributed by atoms with Gasteiger partial charge < -0.3 is 15.0 Å². The number of hydrogen-bond acceptors (Lipinski definition) is 3. The van der Waals surface area contributed by atoms with Crippen LogP contribution < -0.4 is 5.32 Å². The van der Waals surface area contributed by atoms with Gasteiger partial charge in [0.05, 0.1) is 0 Å². The van der Waals surface area contributed by atoms with Crippen molar-refractivity contribution in [1.29, 1.82) is 0 Å². The number of rotatable bonds is 4. The fourth-order valence-corrected chi connectivity index (χ4v) is 3.97. The second kappa shape index (κ2) is 6.91. The van der Waals surface area contributed by atoms with Crippen LogP contribution in [0.3, 0.4) is 0 Å². The Labute approximate surface area is 128 Å². The maximum atomic E-state index is 5.51. The molecule has 2 saturated heterocycles. The second-order valence-corrected chi connectivity index (χ2v) is 6.66. The van der Waals surface area contributed by atoms with Gasteiger partial charge in [-0.25, -0.2) is 0 Å². The molecule has 2 heterocycles. The average molecular weight is 288 g/mol. The van der Waals surface area contributed by atoms with Crippen molar-refractivity contribution >= 4 is 0 Å². The molecule has 0 spiro atoms. The molecule has 0 radical (unpaired) electrons. The average Bonchev–Trinajstić information content (AvgIpc) is 2.57. The zero-order chi connectivity index (χ0) is 14.5. The van der Waals surface area contributed by atoms with Crippen molar-refractivity contribution in [2.24, 2.45) is 0 Å². The van der Waals surface area contributed by atoms with E-state index in [9.17, 15) is 0 Å². The monoisotopic (exact) mass is 288 g/mol. The van der Waals surface area contributed by atoms with Gasteiger partial charge >= 0.3 is 0 Å². The van der Waals surface area contributed by atoms with Crippen LogP contribution in [0.2, 0.25) is 0 Å². The molecule has 0 bridgehead atoms. The summed E-state index contributed by atoms with van der Waals surface area (Å²) in [6.07, 6.45) is 4.84. The summed E-state index contributed by atoms with van der Waals surface area (Å²) in [5.41, 5.74) is 1.84. The van der Waals surface area contributed by atoms with E-state index >= 15 is 0 Å². The van der Waals surface area contributed by atoms with Gasteiger partial charge in [-0.1, -0.05) is 30.3 Å².